The smallest absolute Gasteiger partial charge is 0.136 e. The molecule has 3 nitrogen and oxygen atoms in total. The molecule has 0 saturated heterocycles. The van der Waals surface area contributed by atoms with Crippen LogP contribution in [0.25, 0.3) is 82.8 Å². The van der Waals surface area contributed by atoms with Crippen molar-refractivity contribution in [2.75, 3.05) is 4.90 Å². The number of benzene rings is 9. The van der Waals surface area contributed by atoms with Crippen molar-refractivity contribution in [2.45, 2.75) is 19.3 Å². The topological polar surface area (TPSA) is 21.3 Å². The molecule has 3 heteroatoms. The molecule has 0 unspecified atom stereocenters. The Morgan fingerprint density at radius 3 is 1.68 bits per heavy atom. The number of anilines is 3. The summed E-state index contributed by atoms with van der Waals surface area (Å²) in [6.45, 7) is 4.74. The van der Waals surface area contributed by atoms with Crippen molar-refractivity contribution in [3.63, 3.8) is 0 Å². The van der Waals surface area contributed by atoms with Crippen molar-refractivity contribution >= 4 is 60.8 Å². The summed E-state index contributed by atoms with van der Waals surface area (Å²) in [5, 5.41) is 4.74. The van der Waals surface area contributed by atoms with Gasteiger partial charge in [0.1, 0.15) is 11.2 Å². The average molecular weight is 769 g/mol. The van der Waals surface area contributed by atoms with Gasteiger partial charge in [-0.2, -0.15) is 0 Å². The van der Waals surface area contributed by atoms with Gasteiger partial charge in [-0.3, -0.25) is 0 Å². The summed E-state index contributed by atoms with van der Waals surface area (Å²) in [7, 11) is 0. The maximum atomic E-state index is 6.35. The molecule has 0 N–H and O–H groups in total. The van der Waals surface area contributed by atoms with E-state index in [1.54, 1.807) is 0 Å². The van der Waals surface area contributed by atoms with Gasteiger partial charge in [-0.05, 0) is 123 Å². The minimum Gasteiger partial charge on any atom is -0.456 e. The van der Waals surface area contributed by atoms with E-state index in [0.717, 1.165) is 50.2 Å². The molecule has 2 aromatic heterocycles. The monoisotopic (exact) mass is 768 g/mol. The van der Waals surface area contributed by atoms with Crippen LogP contribution in [0.2, 0.25) is 0 Å². The van der Waals surface area contributed by atoms with Gasteiger partial charge < -0.3 is 13.9 Å². The van der Waals surface area contributed by atoms with E-state index in [1.165, 1.54) is 60.8 Å². The van der Waals surface area contributed by atoms with E-state index in [0.29, 0.717) is 0 Å². The third-order valence-corrected chi connectivity index (χ3v) is 12.8. The first-order valence-corrected chi connectivity index (χ1v) is 20.8. The van der Waals surface area contributed by atoms with Gasteiger partial charge in [0.2, 0.25) is 0 Å². The van der Waals surface area contributed by atoms with Gasteiger partial charge in [0.05, 0.1) is 11.0 Å². The lowest BCUT2D eigenvalue weighted by atomic mass is 9.81. The summed E-state index contributed by atoms with van der Waals surface area (Å²) in [5.74, 6) is 0. The fourth-order valence-electron chi connectivity index (χ4n) is 9.86. The van der Waals surface area contributed by atoms with Crippen LogP contribution >= 0.6 is 0 Å². The Kier molecular flexibility index (Phi) is 7.58. The zero-order valence-corrected chi connectivity index (χ0v) is 33.4. The first-order chi connectivity index (χ1) is 29.5. The van der Waals surface area contributed by atoms with Crippen molar-refractivity contribution < 1.29 is 4.42 Å². The van der Waals surface area contributed by atoms with Crippen LogP contribution < -0.4 is 4.90 Å². The van der Waals surface area contributed by atoms with Gasteiger partial charge in [0.15, 0.2) is 0 Å². The van der Waals surface area contributed by atoms with Gasteiger partial charge in [0, 0.05) is 49.7 Å². The first-order valence-electron chi connectivity index (χ1n) is 20.8. The number of para-hydroxylation sites is 2. The second kappa shape index (κ2) is 13.2. The molecule has 284 valence electrons. The van der Waals surface area contributed by atoms with Crippen LogP contribution in [0, 0.1) is 0 Å². The number of rotatable bonds is 6. The summed E-state index contributed by atoms with van der Waals surface area (Å²) >= 11 is 0. The highest BCUT2D eigenvalue weighted by molar-refractivity contribution is 6.27. The quantitative estimate of drug-likeness (QED) is 0.168. The van der Waals surface area contributed by atoms with Crippen molar-refractivity contribution in [1.82, 2.24) is 4.57 Å². The van der Waals surface area contributed by atoms with E-state index in [4.69, 9.17) is 4.42 Å². The molecule has 1 aliphatic carbocycles. The van der Waals surface area contributed by atoms with E-state index in [2.05, 4.69) is 224 Å². The standard InChI is InChI=1S/C57H40N2O/c1-57(2)49-35-40(38-15-7-4-8-16-38)23-31-45(49)46-32-30-44(36-50(46)57)58(41-24-21-39(22-25-41)37-13-5-3-6-14-37)42-26-28-43(29-27-42)59-51-19-11-9-17-47(51)55-52(59)33-34-54-56(55)48-18-10-12-20-53(48)60-54/h3-36H,1-2H3. The summed E-state index contributed by atoms with van der Waals surface area (Å²) < 4.78 is 8.75. The minimum absolute atomic E-state index is 0.180. The lowest BCUT2D eigenvalue weighted by molar-refractivity contribution is 0.660. The number of nitrogens with zero attached hydrogens (tertiary/aromatic N) is 2. The molecule has 12 rings (SSSR count). The van der Waals surface area contributed by atoms with E-state index in [1.807, 2.05) is 6.07 Å². The molecule has 0 amide bonds. The van der Waals surface area contributed by atoms with Crippen LogP contribution in [0.1, 0.15) is 25.0 Å². The highest BCUT2D eigenvalue weighted by Gasteiger charge is 2.36. The second-order valence-electron chi connectivity index (χ2n) is 16.5. The number of furan rings is 1. The Morgan fingerprint density at radius 1 is 0.400 bits per heavy atom. The van der Waals surface area contributed by atoms with E-state index in [-0.39, 0.29) is 5.41 Å². The summed E-state index contributed by atoms with van der Waals surface area (Å²) in [6, 6.07) is 74.8. The molecule has 0 bridgehead atoms. The van der Waals surface area contributed by atoms with Crippen LogP contribution in [-0.2, 0) is 5.41 Å². The van der Waals surface area contributed by atoms with Gasteiger partial charge >= 0.3 is 0 Å². The molecule has 2 heterocycles. The zero-order chi connectivity index (χ0) is 40.0. The summed E-state index contributed by atoms with van der Waals surface area (Å²) in [6.07, 6.45) is 0. The van der Waals surface area contributed by atoms with Crippen LogP contribution in [-0.4, -0.2) is 4.57 Å². The van der Waals surface area contributed by atoms with Crippen molar-refractivity contribution in [3.05, 3.63) is 217 Å². The Balaban J connectivity index is 0.994. The molecular weight excluding hydrogens is 729 g/mol. The van der Waals surface area contributed by atoms with Gasteiger partial charge in [-0.1, -0.05) is 141 Å². The van der Waals surface area contributed by atoms with Crippen LogP contribution in [0.3, 0.4) is 0 Å². The lowest BCUT2D eigenvalue weighted by Gasteiger charge is -2.28. The highest BCUT2D eigenvalue weighted by Crippen LogP contribution is 2.52. The zero-order valence-electron chi connectivity index (χ0n) is 33.4. The predicted molar refractivity (Wildman–Crippen MR) is 251 cm³/mol. The maximum Gasteiger partial charge on any atom is 0.136 e. The molecule has 1 aliphatic rings. The lowest BCUT2D eigenvalue weighted by Crippen LogP contribution is -2.16. The first kappa shape index (κ1) is 34.4. The van der Waals surface area contributed by atoms with Gasteiger partial charge in [-0.25, -0.2) is 0 Å². The van der Waals surface area contributed by atoms with Crippen LogP contribution in [0.5, 0.6) is 0 Å². The molecule has 9 aromatic carbocycles. The Morgan fingerprint density at radius 2 is 0.950 bits per heavy atom. The average Bonchev–Trinajstić information content (AvgIpc) is 3.92. The predicted octanol–water partition coefficient (Wildman–Crippen LogP) is 15.8. The molecule has 0 saturated carbocycles. The number of aromatic nitrogens is 1. The molecule has 0 radical (unpaired) electrons. The highest BCUT2D eigenvalue weighted by atomic mass is 16.3. The van der Waals surface area contributed by atoms with Gasteiger partial charge in [-0.15, -0.1) is 0 Å². The molecule has 60 heavy (non-hydrogen) atoms. The fraction of sp³-hybridized carbons (Fsp3) is 0.0526. The fourth-order valence-corrected chi connectivity index (χ4v) is 9.86. The molecular formula is C57H40N2O. The maximum absolute atomic E-state index is 6.35. The Labute approximate surface area is 349 Å². The molecule has 0 fully saturated rings. The van der Waals surface area contributed by atoms with Gasteiger partial charge in [0.25, 0.3) is 0 Å². The minimum atomic E-state index is -0.180. The molecule has 0 spiro atoms. The molecule has 11 aromatic rings. The largest absolute Gasteiger partial charge is 0.456 e. The number of hydrogen-bond donors (Lipinski definition) is 0. The number of hydrogen-bond acceptors (Lipinski definition) is 2. The summed E-state index contributed by atoms with van der Waals surface area (Å²) in [5.41, 5.74) is 18.6. The third-order valence-electron chi connectivity index (χ3n) is 12.8. The van der Waals surface area contributed by atoms with E-state index < -0.39 is 0 Å². The van der Waals surface area contributed by atoms with Crippen molar-refractivity contribution in [1.29, 1.82) is 0 Å². The van der Waals surface area contributed by atoms with Crippen molar-refractivity contribution in [3.8, 4) is 39.1 Å². The molecule has 0 atom stereocenters. The Bertz CT molecular complexity index is 3430. The number of fused-ring (bicyclic) bond motifs is 10. The third kappa shape index (κ3) is 5.22. The van der Waals surface area contributed by atoms with E-state index in [9.17, 15) is 0 Å². The SMILES string of the molecule is CC1(C)c2cc(-c3ccccc3)ccc2-c2ccc(N(c3ccc(-c4ccccc4)cc3)c3ccc(-n4c5ccccc5c5c6c(ccc54)oc4ccccc46)cc3)cc21. The Hall–Kier alpha value is -7.62. The van der Waals surface area contributed by atoms with Crippen LogP contribution in [0.4, 0.5) is 17.1 Å². The van der Waals surface area contributed by atoms with E-state index >= 15 is 0 Å². The van der Waals surface area contributed by atoms with Crippen molar-refractivity contribution in [2.24, 2.45) is 0 Å². The summed E-state index contributed by atoms with van der Waals surface area (Å²) in [4.78, 5) is 2.40. The second-order valence-corrected chi connectivity index (χ2v) is 16.5. The molecule has 0 aliphatic heterocycles. The normalized spacial score (nSPS) is 13.0. The van der Waals surface area contributed by atoms with Crippen LogP contribution in [0.15, 0.2) is 211 Å².